The highest BCUT2D eigenvalue weighted by Gasteiger charge is 2.47. The van der Waals surface area contributed by atoms with Crippen molar-refractivity contribution in [3.63, 3.8) is 0 Å². The second kappa shape index (κ2) is 8.73. The summed E-state index contributed by atoms with van der Waals surface area (Å²) < 4.78 is 53.0. The van der Waals surface area contributed by atoms with Gasteiger partial charge in [-0.2, -0.15) is 18.3 Å². The molecule has 0 radical (unpaired) electrons. The SMILES string of the molecule is COc1ccc([C@@H]2C[C@H](C(F)(F)F)n3ncc(C(=O)NCc4cccs4)c3N2)cc1OC. The van der Waals surface area contributed by atoms with Crippen LogP contribution in [0.3, 0.4) is 0 Å². The predicted molar refractivity (Wildman–Crippen MR) is 113 cm³/mol. The first kappa shape index (κ1) is 22.0. The molecule has 0 fully saturated rings. The number of hydrogen-bond acceptors (Lipinski definition) is 6. The summed E-state index contributed by atoms with van der Waals surface area (Å²) in [7, 11) is 2.94. The van der Waals surface area contributed by atoms with Gasteiger partial charge in [0.25, 0.3) is 5.91 Å². The average Bonchev–Trinajstić information content (AvgIpc) is 3.45. The molecular weight excluding hydrogens is 445 g/mol. The van der Waals surface area contributed by atoms with E-state index in [1.165, 1.54) is 31.8 Å². The van der Waals surface area contributed by atoms with Crippen molar-refractivity contribution in [3.05, 3.63) is 57.9 Å². The molecule has 0 saturated carbocycles. The highest BCUT2D eigenvalue weighted by atomic mass is 32.1. The molecule has 4 rings (SSSR count). The summed E-state index contributed by atoms with van der Waals surface area (Å²) in [5, 5.41) is 11.6. The summed E-state index contributed by atoms with van der Waals surface area (Å²) >= 11 is 1.48. The van der Waals surface area contributed by atoms with Gasteiger partial charge in [0, 0.05) is 11.3 Å². The number of halogens is 3. The number of nitrogens with one attached hydrogen (secondary N) is 2. The molecule has 32 heavy (non-hydrogen) atoms. The van der Waals surface area contributed by atoms with E-state index >= 15 is 0 Å². The van der Waals surface area contributed by atoms with Crippen LogP contribution in [0, 0.1) is 0 Å². The van der Waals surface area contributed by atoms with E-state index in [0.29, 0.717) is 17.1 Å². The van der Waals surface area contributed by atoms with E-state index in [9.17, 15) is 18.0 Å². The van der Waals surface area contributed by atoms with Crippen LogP contribution in [0.2, 0.25) is 0 Å². The lowest BCUT2D eigenvalue weighted by Gasteiger charge is -2.34. The zero-order chi connectivity index (χ0) is 22.9. The van der Waals surface area contributed by atoms with Crippen LogP contribution in [-0.4, -0.2) is 36.1 Å². The second-order valence-corrected chi connectivity index (χ2v) is 8.25. The van der Waals surface area contributed by atoms with Crippen LogP contribution >= 0.6 is 11.3 Å². The standard InChI is InChI=1S/C21H21F3N4O3S/c1-30-16-6-5-12(8-17(16)31-2)15-9-18(21(22,23)24)28-19(27-15)14(11-26-28)20(29)25-10-13-4-3-7-32-13/h3-8,11,15,18,27H,9-10H2,1-2H3,(H,25,29)/t15-,18+/m0/s1. The molecule has 1 aliphatic rings. The van der Waals surface area contributed by atoms with Crippen molar-refractivity contribution >= 4 is 23.1 Å². The first-order chi connectivity index (χ1) is 15.3. The number of thiophene rings is 1. The average molecular weight is 466 g/mol. The second-order valence-electron chi connectivity index (χ2n) is 7.22. The number of carbonyl (C=O) groups is 1. The third-order valence-electron chi connectivity index (χ3n) is 5.30. The Morgan fingerprint density at radius 3 is 2.72 bits per heavy atom. The number of hydrogen-bond donors (Lipinski definition) is 2. The lowest BCUT2D eigenvalue weighted by atomic mass is 9.96. The normalized spacial score (nSPS) is 17.9. The maximum absolute atomic E-state index is 13.9. The Balaban J connectivity index is 1.66. The minimum absolute atomic E-state index is 0.0297. The van der Waals surface area contributed by atoms with Crippen LogP contribution in [0.15, 0.2) is 41.9 Å². The monoisotopic (exact) mass is 466 g/mol. The van der Waals surface area contributed by atoms with Crippen LogP contribution in [-0.2, 0) is 6.54 Å². The van der Waals surface area contributed by atoms with Crippen LogP contribution in [0.1, 0.15) is 39.3 Å². The largest absolute Gasteiger partial charge is 0.493 e. The van der Waals surface area contributed by atoms with E-state index in [-0.39, 0.29) is 24.3 Å². The maximum atomic E-state index is 13.9. The Morgan fingerprint density at radius 1 is 1.28 bits per heavy atom. The van der Waals surface area contributed by atoms with Gasteiger partial charge in [-0.25, -0.2) is 4.68 Å². The summed E-state index contributed by atoms with van der Waals surface area (Å²) in [4.78, 5) is 13.7. The zero-order valence-electron chi connectivity index (χ0n) is 17.3. The van der Waals surface area contributed by atoms with Crippen LogP contribution in [0.25, 0.3) is 0 Å². The van der Waals surface area contributed by atoms with Crippen molar-refractivity contribution in [2.75, 3.05) is 19.5 Å². The van der Waals surface area contributed by atoms with Gasteiger partial charge in [0.1, 0.15) is 11.4 Å². The van der Waals surface area contributed by atoms with Crippen LogP contribution < -0.4 is 20.1 Å². The van der Waals surface area contributed by atoms with E-state index in [1.807, 2.05) is 17.5 Å². The lowest BCUT2D eigenvalue weighted by molar-refractivity contribution is -0.173. The number of nitrogens with zero attached hydrogens (tertiary/aromatic N) is 2. The number of rotatable bonds is 6. The quantitative estimate of drug-likeness (QED) is 0.557. The molecule has 0 spiro atoms. The number of alkyl halides is 3. The highest BCUT2D eigenvalue weighted by Crippen LogP contribution is 2.45. The van der Waals surface area contributed by atoms with Gasteiger partial charge in [0.2, 0.25) is 0 Å². The van der Waals surface area contributed by atoms with E-state index in [2.05, 4.69) is 15.7 Å². The molecule has 0 saturated heterocycles. The molecule has 0 bridgehead atoms. The fraction of sp³-hybridized carbons (Fsp3) is 0.333. The molecule has 170 valence electrons. The van der Waals surface area contributed by atoms with Crippen molar-refractivity contribution in [2.24, 2.45) is 0 Å². The van der Waals surface area contributed by atoms with Gasteiger partial charge in [0.05, 0.1) is 33.0 Å². The van der Waals surface area contributed by atoms with Crippen LogP contribution in [0.5, 0.6) is 11.5 Å². The van der Waals surface area contributed by atoms with Crippen molar-refractivity contribution < 1.29 is 27.4 Å². The third-order valence-corrected chi connectivity index (χ3v) is 6.17. The summed E-state index contributed by atoms with van der Waals surface area (Å²) in [6.45, 7) is 0.281. The maximum Gasteiger partial charge on any atom is 0.410 e. The Hall–Kier alpha value is -3.21. The van der Waals surface area contributed by atoms with Crippen molar-refractivity contribution in [1.29, 1.82) is 0 Å². The molecule has 3 aromatic rings. The first-order valence-corrected chi connectivity index (χ1v) is 10.6. The summed E-state index contributed by atoms with van der Waals surface area (Å²) in [5.74, 6) is 0.407. The van der Waals surface area contributed by atoms with Gasteiger partial charge in [-0.15, -0.1) is 11.3 Å². The summed E-state index contributed by atoms with van der Waals surface area (Å²) in [5.41, 5.74) is 0.635. The molecule has 11 heteroatoms. The number of carbonyl (C=O) groups excluding carboxylic acids is 1. The molecule has 1 amide bonds. The van der Waals surface area contributed by atoms with E-state index in [4.69, 9.17) is 9.47 Å². The molecule has 2 atom stereocenters. The predicted octanol–water partition coefficient (Wildman–Crippen LogP) is 4.55. The molecule has 7 nitrogen and oxygen atoms in total. The Bertz CT molecular complexity index is 1100. The number of methoxy groups -OCH3 is 2. The van der Waals surface area contributed by atoms with E-state index < -0.39 is 24.2 Å². The number of ether oxygens (including phenoxy) is 2. The molecule has 1 aromatic carbocycles. The Kier molecular flexibility index (Phi) is 6.00. The van der Waals surface area contributed by atoms with Crippen molar-refractivity contribution in [2.45, 2.75) is 31.2 Å². The van der Waals surface area contributed by atoms with Gasteiger partial charge in [-0.1, -0.05) is 12.1 Å². The minimum atomic E-state index is -4.54. The van der Waals surface area contributed by atoms with Crippen molar-refractivity contribution in [3.8, 4) is 11.5 Å². The number of anilines is 1. The van der Waals surface area contributed by atoms with Crippen molar-refractivity contribution in [1.82, 2.24) is 15.1 Å². The van der Waals surface area contributed by atoms with E-state index in [1.54, 1.807) is 18.2 Å². The number of amides is 1. The molecule has 0 aliphatic carbocycles. The molecule has 0 unspecified atom stereocenters. The molecular formula is C21H21F3N4O3S. The summed E-state index contributed by atoms with van der Waals surface area (Å²) in [6, 6.07) is 6.08. The van der Waals surface area contributed by atoms with Gasteiger partial charge in [0.15, 0.2) is 17.5 Å². The van der Waals surface area contributed by atoms with Crippen LogP contribution in [0.4, 0.5) is 19.0 Å². The number of aromatic nitrogens is 2. The molecule has 2 aromatic heterocycles. The third kappa shape index (κ3) is 4.24. The fourth-order valence-electron chi connectivity index (χ4n) is 3.69. The van der Waals surface area contributed by atoms with Gasteiger partial charge in [-0.05, 0) is 29.1 Å². The number of benzene rings is 1. The van der Waals surface area contributed by atoms with Gasteiger partial charge < -0.3 is 20.1 Å². The topological polar surface area (TPSA) is 77.4 Å². The van der Waals surface area contributed by atoms with Gasteiger partial charge in [-0.3, -0.25) is 4.79 Å². The van der Waals surface area contributed by atoms with Gasteiger partial charge >= 0.3 is 6.18 Å². The highest BCUT2D eigenvalue weighted by molar-refractivity contribution is 7.09. The Labute approximate surface area is 186 Å². The first-order valence-electron chi connectivity index (χ1n) is 9.75. The number of fused-ring (bicyclic) bond motifs is 1. The zero-order valence-corrected chi connectivity index (χ0v) is 18.1. The molecule has 1 aliphatic heterocycles. The smallest absolute Gasteiger partial charge is 0.410 e. The Morgan fingerprint density at radius 2 is 2.06 bits per heavy atom. The summed E-state index contributed by atoms with van der Waals surface area (Å²) in [6.07, 6.45) is -3.66. The molecule has 2 N–H and O–H groups in total. The van der Waals surface area contributed by atoms with E-state index in [0.717, 1.165) is 9.56 Å². The molecule has 3 heterocycles. The lowest BCUT2D eigenvalue weighted by Crippen LogP contribution is -2.36. The minimum Gasteiger partial charge on any atom is -0.493 e. The fourth-order valence-corrected chi connectivity index (χ4v) is 4.34.